The molecule has 0 fully saturated rings. The zero-order valence-electron chi connectivity index (χ0n) is 12.0. The minimum atomic E-state index is -0.901. The molecule has 9 heteroatoms. The number of thiazole rings is 1. The summed E-state index contributed by atoms with van der Waals surface area (Å²) < 4.78 is 0. The average molecular weight is 397 g/mol. The Labute approximate surface area is 154 Å². The lowest BCUT2D eigenvalue weighted by Crippen LogP contribution is -2.28. The quantitative estimate of drug-likeness (QED) is 0.700. The van der Waals surface area contributed by atoms with Crippen LogP contribution in [0.5, 0.6) is 0 Å². The number of carbonyl (C=O) groups excluding carboxylic acids is 1. The molecule has 23 heavy (non-hydrogen) atoms. The molecule has 2 rings (SSSR count). The van der Waals surface area contributed by atoms with Crippen LogP contribution in [0.15, 0.2) is 23.6 Å². The molecule has 1 aromatic heterocycles. The van der Waals surface area contributed by atoms with Crippen molar-refractivity contribution in [2.75, 3.05) is 13.1 Å². The van der Waals surface area contributed by atoms with E-state index in [9.17, 15) is 9.90 Å². The maximum absolute atomic E-state index is 12.0. The lowest BCUT2D eigenvalue weighted by molar-refractivity contribution is 0.0912. The Balaban J connectivity index is 0.00000264. The number of aliphatic hydroxyl groups is 1. The molecule has 2 aromatic rings. The number of benzene rings is 1. The molecule has 0 saturated carbocycles. The zero-order chi connectivity index (χ0) is 16.1. The van der Waals surface area contributed by atoms with E-state index in [1.165, 1.54) is 11.3 Å². The van der Waals surface area contributed by atoms with Gasteiger partial charge >= 0.3 is 0 Å². The molecule has 0 aliphatic heterocycles. The summed E-state index contributed by atoms with van der Waals surface area (Å²) in [5.41, 5.74) is 6.31. The van der Waals surface area contributed by atoms with E-state index in [0.717, 1.165) is 5.01 Å². The van der Waals surface area contributed by atoms with Gasteiger partial charge in [-0.05, 0) is 30.3 Å². The van der Waals surface area contributed by atoms with Crippen molar-refractivity contribution in [2.45, 2.75) is 12.5 Å². The number of hydrogen-bond acceptors (Lipinski definition) is 5. The number of nitrogens with two attached hydrogens (primary N) is 1. The predicted octanol–water partition coefficient (Wildman–Crippen LogP) is 2.84. The molecule has 1 unspecified atom stereocenters. The maximum atomic E-state index is 12.0. The van der Waals surface area contributed by atoms with E-state index >= 15 is 0 Å². The molecule has 1 heterocycles. The lowest BCUT2D eigenvalue weighted by atomic mass is 10.1. The number of aromatic nitrogens is 1. The van der Waals surface area contributed by atoms with Crippen molar-refractivity contribution < 1.29 is 9.90 Å². The molecule has 0 bridgehead atoms. The summed E-state index contributed by atoms with van der Waals surface area (Å²) in [6.07, 6.45) is -0.260. The van der Waals surface area contributed by atoms with Crippen LogP contribution in [0.4, 0.5) is 0 Å². The molecule has 1 atom stereocenters. The van der Waals surface area contributed by atoms with Crippen LogP contribution in [0, 0.1) is 0 Å². The van der Waals surface area contributed by atoms with Crippen LogP contribution in [0.1, 0.15) is 27.2 Å². The zero-order valence-corrected chi connectivity index (χ0v) is 15.1. The van der Waals surface area contributed by atoms with Crippen LogP contribution in [0.25, 0.3) is 0 Å². The van der Waals surface area contributed by atoms with Crippen LogP contribution in [0.3, 0.4) is 0 Å². The van der Waals surface area contributed by atoms with E-state index in [2.05, 4.69) is 10.3 Å². The molecule has 1 amide bonds. The summed E-state index contributed by atoms with van der Waals surface area (Å²) in [5.74, 6) is -0.341. The van der Waals surface area contributed by atoms with Crippen molar-refractivity contribution in [1.82, 2.24) is 10.3 Å². The molecule has 0 spiro atoms. The molecule has 1 aromatic carbocycles. The summed E-state index contributed by atoms with van der Waals surface area (Å²) in [6, 6.07) is 4.78. The second-order valence-corrected chi connectivity index (χ2v) is 6.41. The number of aliphatic hydroxyl groups excluding tert-OH is 1. The first-order valence-electron chi connectivity index (χ1n) is 6.56. The average Bonchev–Trinajstić information content (AvgIpc) is 2.92. The van der Waals surface area contributed by atoms with Crippen molar-refractivity contribution in [3.8, 4) is 0 Å². The molecule has 4 N–H and O–H groups in total. The fourth-order valence-corrected chi connectivity index (χ4v) is 3.16. The molecular formula is C14H16Cl3N3O2S. The third-order valence-corrected chi connectivity index (χ3v) is 4.21. The SMILES string of the molecule is Cl.NCCc1nc(C(=O)NCC(O)c2cc(Cl)cc(Cl)c2)cs1. The number of amides is 1. The van der Waals surface area contributed by atoms with Crippen molar-refractivity contribution >= 4 is 52.9 Å². The minimum Gasteiger partial charge on any atom is -0.387 e. The number of hydrogen-bond donors (Lipinski definition) is 3. The smallest absolute Gasteiger partial charge is 0.270 e. The highest BCUT2D eigenvalue weighted by molar-refractivity contribution is 7.09. The molecule has 0 aliphatic carbocycles. The molecule has 0 aliphatic rings. The minimum absolute atomic E-state index is 0. The molecular weight excluding hydrogens is 381 g/mol. The van der Waals surface area contributed by atoms with E-state index in [4.69, 9.17) is 28.9 Å². The second-order valence-electron chi connectivity index (χ2n) is 4.59. The normalized spacial score (nSPS) is 11.7. The van der Waals surface area contributed by atoms with Gasteiger partial charge in [-0.15, -0.1) is 23.7 Å². The van der Waals surface area contributed by atoms with Crippen LogP contribution >= 0.6 is 46.9 Å². The van der Waals surface area contributed by atoms with Gasteiger partial charge < -0.3 is 16.2 Å². The van der Waals surface area contributed by atoms with Crippen LogP contribution in [-0.2, 0) is 6.42 Å². The van der Waals surface area contributed by atoms with Gasteiger partial charge in [0.2, 0.25) is 0 Å². The summed E-state index contributed by atoms with van der Waals surface area (Å²) >= 11 is 13.2. The van der Waals surface area contributed by atoms with Gasteiger partial charge in [0.05, 0.1) is 11.1 Å². The van der Waals surface area contributed by atoms with E-state index < -0.39 is 6.10 Å². The van der Waals surface area contributed by atoms with Crippen molar-refractivity contribution in [2.24, 2.45) is 5.73 Å². The fourth-order valence-electron chi connectivity index (χ4n) is 1.82. The Hall–Kier alpha value is -0.890. The monoisotopic (exact) mass is 395 g/mol. The van der Waals surface area contributed by atoms with Gasteiger partial charge in [-0.1, -0.05) is 23.2 Å². The van der Waals surface area contributed by atoms with Crippen molar-refractivity contribution in [1.29, 1.82) is 0 Å². The number of nitrogens with zero attached hydrogens (tertiary/aromatic N) is 1. The van der Waals surface area contributed by atoms with E-state index in [0.29, 0.717) is 34.3 Å². The third kappa shape index (κ3) is 5.91. The van der Waals surface area contributed by atoms with Gasteiger partial charge in [0.25, 0.3) is 5.91 Å². The van der Waals surface area contributed by atoms with Crippen LogP contribution < -0.4 is 11.1 Å². The first kappa shape index (κ1) is 20.2. The first-order chi connectivity index (χ1) is 10.5. The van der Waals surface area contributed by atoms with E-state index in [1.807, 2.05) is 0 Å². The number of carbonyl (C=O) groups is 1. The first-order valence-corrected chi connectivity index (χ1v) is 8.20. The van der Waals surface area contributed by atoms with Crippen LogP contribution in [-0.4, -0.2) is 29.1 Å². The van der Waals surface area contributed by atoms with E-state index in [-0.39, 0.29) is 24.9 Å². The molecule has 0 radical (unpaired) electrons. The predicted molar refractivity (Wildman–Crippen MR) is 95.9 cm³/mol. The van der Waals surface area contributed by atoms with Crippen molar-refractivity contribution in [3.63, 3.8) is 0 Å². The fraction of sp³-hybridized carbons (Fsp3) is 0.286. The Morgan fingerprint density at radius 1 is 1.35 bits per heavy atom. The largest absolute Gasteiger partial charge is 0.387 e. The van der Waals surface area contributed by atoms with Gasteiger partial charge in [-0.2, -0.15) is 0 Å². The van der Waals surface area contributed by atoms with Crippen LogP contribution in [0.2, 0.25) is 10.0 Å². The molecule has 5 nitrogen and oxygen atoms in total. The Kier molecular flexibility index (Phi) is 8.25. The third-order valence-electron chi connectivity index (χ3n) is 2.87. The van der Waals surface area contributed by atoms with Gasteiger partial charge in [-0.25, -0.2) is 4.98 Å². The Morgan fingerprint density at radius 3 is 2.61 bits per heavy atom. The summed E-state index contributed by atoms with van der Waals surface area (Å²) in [5, 5.41) is 16.1. The van der Waals surface area contributed by atoms with Gasteiger partial charge in [0.1, 0.15) is 5.69 Å². The summed E-state index contributed by atoms with van der Waals surface area (Å²) in [7, 11) is 0. The number of halogens is 3. The summed E-state index contributed by atoms with van der Waals surface area (Å²) in [6.45, 7) is 0.530. The molecule has 126 valence electrons. The Morgan fingerprint density at radius 2 is 2.00 bits per heavy atom. The van der Waals surface area contributed by atoms with E-state index in [1.54, 1.807) is 23.6 Å². The Bertz CT molecular complexity index is 646. The number of rotatable bonds is 6. The molecule has 0 saturated heterocycles. The highest BCUT2D eigenvalue weighted by Crippen LogP contribution is 2.23. The van der Waals surface area contributed by atoms with Gasteiger partial charge in [-0.3, -0.25) is 4.79 Å². The van der Waals surface area contributed by atoms with Gasteiger partial charge in [0, 0.05) is 28.4 Å². The number of nitrogens with one attached hydrogen (secondary N) is 1. The standard InChI is InChI=1S/C14H15Cl2N3O2S.ClH/c15-9-3-8(4-10(16)5-9)12(20)6-18-14(21)11-7-22-13(19-11)1-2-17;/h3-5,7,12,20H,1-2,6,17H2,(H,18,21);1H. The lowest BCUT2D eigenvalue weighted by Gasteiger charge is -2.12. The highest BCUT2D eigenvalue weighted by Gasteiger charge is 2.14. The summed E-state index contributed by atoms with van der Waals surface area (Å²) in [4.78, 5) is 16.2. The second kappa shape index (κ2) is 9.42. The topological polar surface area (TPSA) is 88.2 Å². The van der Waals surface area contributed by atoms with Gasteiger partial charge in [0.15, 0.2) is 0 Å². The van der Waals surface area contributed by atoms with Crippen molar-refractivity contribution in [3.05, 3.63) is 49.9 Å². The highest BCUT2D eigenvalue weighted by atomic mass is 35.5. The maximum Gasteiger partial charge on any atom is 0.270 e.